The third kappa shape index (κ3) is 3.99. The second kappa shape index (κ2) is 7.66. The first-order chi connectivity index (χ1) is 12.1. The molecule has 2 aromatic rings. The molecule has 1 aromatic heterocycles. The maximum Gasteiger partial charge on any atom is 0.220 e. The molecule has 1 aliphatic rings. The van der Waals surface area contributed by atoms with Crippen LogP contribution in [0.2, 0.25) is 0 Å². The normalized spacial score (nSPS) is 18.2. The van der Waals surface area contributed by atoms with E-state index < -0.39 is 0 Å². The molecule has 132 valence electrons. The van der Waals surface area contributed by atoms with Gasteiger partial charge in [0.05, 0.1) is 18.8 Å². The lowest BCUT2D eigenvalue weighted by Gasteiger charge is -2.41. The fraction of sp³-hybridized carbons (Fsp3) is 0.400. The summed E-state index contributed by atoms with van der Waals surface area (Å²) < 4.78 is 5.24. The highest BCUT2D eigenvalue weighted by molar-refractivity contribution is 5.74. The zero-order chi connectivity index (χ0) is 17.8. The third-order valence-corrected chi connectivity index (χ3v) is 4.86. The van der Waals surface area contributed by atoms with E-state index in [1.807, 2.05) is 29.3 Å². The number of nitrogens with zero attached hydrogens (tertiary/aromatic N) is 3. The molecule has 3 rings (SSSR count). The van der Waals surface area contributed by atoms with Gasteiger partial charge in [0, 0.05) is 39.3 Å². The minimum Gasteiger partial charge on any atom is -0.497 e. The molecule has 1 saturated heterocycles. The smallest absolute Gasteiger partial charge is 0.220 e. The number of methoxy groups -OCH3 is 1. The minimum atomic E-state index is 0.0566. The first-order valence-electron chi connectivity index (χ1n) is 8.62. The quantitative estimate of drug-likeness (QED) is 0.859. The summed E-state index contributed by atoms with van der Waals surface area (Å²) in [6.07, 6.45) is 1.84. The van der Waals surface area contributed by atoms with Crippen molar-refractivity contribution in [1.82, 2.24) is 14.8 Å². The number of ether oxygens (including phenoxy) is 1. The molecule has 0 N–H and O–H groups in total. The Balaban J connectivity index is 1.79. The Morgan fingerprint density at radius 3 is 2.64 bits per heavy atom. The van der Waals surface area contributed by atoms with Gasteiger partial charge in [0.2, 0.25) is 5.91 Å². The van der Waals surface area contributed by atoms with Gasteiger partial charge in [-0.15, -0.1) is 0 Å². The summed E-state index contributed by atoms with van der Waals surface area (Å²) in [6, 6.07) is 12.1. The van der Waals surface area contributed by atoms with Crippen molar-refractivity contribution in [2.75, 3.05) is 26.7 Å². The van der Waals surface area contributed by atoms with Crippen molar-refractivity contribution in [2.24, 2.45) is 0 Å². The Bertz CT molecular complexity index is 730. The fourth-order valence-corrected chi connectivity index (χ4v) is 3.37. The number of carbonyl (C=O) groups excluding carboxylic acids is 1. The summed E-state index contributed by atoms with van der Waals surface area (Å²) in [4.78, 5) is 20.9. The molecule has 1 amide bonds. The summed E-state index contributed by atoms with van der Waals surface area (Å²) in [5.41, 5.74) is 3.45. The Hall–Kier alpha value is -2.40. The standard InChI is InChI=1S/C20H25N3O2/c1-15-5-4-10-21-19(15)13-22-11-12-23(16(2)24)20(14-22)17-6-8-18(25-3)9-7-17/h4-10,20H,11-14H2,1-3H3/t20-/m0/s1. The summed E-state index contributed by atoms with van der Waals surface area (Å²) in [5.74, 6) is 0.949. The molecule has 25 heavy (non-hydrogen) atoms. The molecule has 5 nitrogen and oxygen atoms in total. The molecule has 1 aromatic carbocycles. The maximum atomic E-state index is 12.1. The van der Waals surface area contributed by atoms with Gasteiger partial charge in [-0.05, 0) is 36.2 Å². The van der Waals surface area contributed by atoms with Crippen LogP contribution in [-0.4, -0.2) is 47.4 Å². The van der Waals surface area contributed by atoms with Gasteiger partial charge in [-0.25, -0.2) is 0 Å². The van der Waals surface area contributed by atoms with E-state index in [9.17, 15) is 4.79 Å². The van der Waals surface area contributed by atoms with Crippen LogP contribution in [-0.2, 0) is 11.3 Å². The lowest BCUT2D eigenvalue weighted by Crippen LogP contribution is -2.49. The van der Waals surface area contributed by atoms with Crippen molar-refractivity contribution in [2.45, 2.75) is 26.4 Å². The summed E-state index contributed by atoms with van der Waals surface area (Å²) in [6.45, 7) is 6.96. The van der Waals surface area contributed by atoms with E-state index in [4.69, 9.17) is 4.74 Å². The predicted octanol–water partition coefficient (Wildman–Crippen LogP) is 2.80. The van der Waals surface area contributed by atoms with E-state index >= 15 is 0 Å². The molecule has 2 heterocycles. The van der Waals surface area contributed by atoms with Gasteiger partial charge in [-0.2, -0.15) is 0 Å². The molecule has 0 radical (unpaired) electrons. The monoisotopic (exact) mass is 339 g/mol. The molecule has 0 saturated carbocycles. The lowest BCUT2D eigenvalue weighted by atomic mass is 10.0. The second-order valence-corrected chi connectivity index (χ2v) is 6.50. The first-order valence-corrected chi connectivity index (χ1v) is 8.62. The summed E-state index contributed by atoms with van der Waals surface area (Å²) in [7, 11) is 1.66. The van der Waals surface area contributed by atoms with Gasteiger partial charge >= 0.3 is 0 Å². The van der Waals surface area contributed by atoms with Crippen molar-refractivity contribution < 1.29 is 9.53 Å². The van der Waals surface area contributed by atoms with Crippen molar-refractivity contribution in [3.8, 4) is 5.75 Å². The molecule has 1 aliphatic heterocycles. The van der Waals surface area contributed by atoms with E-state index in [0.717, 1.165) is 43.2 Å². The number of hydrogen-bond acceptors (Lipinski definition) is 4. The van der Waals surface area contributed by atoms with E-state index in [1.165, 1.54) is 5.56 Å². The maximum absolute atomic E-state index is 12.1. The zero-order valence-electron chi connectivity index (χ0n) is 15.1. The molecular weight excluding hydrogens is 314 g/mol. The van der Waals surface area contributed by atoms with E-state index in [-0.39, 0.29) is 11.9 Å². The number of benzene rings is 1. The van der Waals surface area contributed by atoms with E-state index in [0.29, 0.717) is 0 Å². The number of amides is 1. The predicted molar refractivity (Wildman–Crippen MR) is 97.4 cm³/mol. The van der Waals surface area contributed by atoms with E-state index in [1.54, 1.807) is 14.0 Å². The van der Waals surface area contributed by atoms with Crippen LogP contribution in [0.3, 0.4) is 0 Å². The number of carbonyl (C=O) groups is 1. The van der Waals surface area contributed by atoms with Crippen LogP contribution in [0.25, 0.3) is 0 Å². The number of piperazine rings is 1. The second-order valence-electron chi connectivity index (χ2n) is 6.50. The Morgan fingerprint density at radius 2 is 2.00 bits per heavy atom. The molecule has 0 aliphatic carbocycles. The molecule has 5 heteroatoms. The van der Waals surface area contributed by atoms with Gasteiger partial charge in [0.1, 0.15) is 5.75 Å². The topological polar surface area (TPSA) is 45.7 Å². The molecular formula is C20H25N3O2. The van der Waals surface area contributed by atoms with Gasteiger partial charge < -0.3 is 9.64 Å². The largest absolute Gasteiger partial charge is 0.497 e. The Morgan fingerprint density at radius 1 is 1.24 bits per heavy atom. The van der Waals surface area contributed by atoms with Crippen LogP contribution in [0.1, 0.15) is 29.8 Å². The van der Waals surface area contributed by atoms with Gasteiger partial charge in [-0.3, -0.25) is 14.7 Å². The molecule has 1 fully saturated rings. The van der Waals surface area contributed by atoms with E-state index in [2.05, 4.69) is 35.0 Å². The average Bonchev–Trinajstić information content (AvgIpc) is 2.63. The third-order valence-electron chi connectivity index (χ3n) is 4.86. The van der Waals surface area contributed by atoms with Crippen molar-refractivity contribution in [3.63, 3.8) is 0 Å². The number of hydrogen-bond donors (Lipinski definition) is 0. The fourth-order valence-electron chi connectivity index (χ4n) is 3.37. The molecule has 0 bridgehead atoms. The molecule has 0 unspecified atom stereocenters. The highest BCUT2D eigenvalue weighted by atomic mass is 16.5. The zero-order valence-corrected chi connectivity index (χ0v) is 15.1. The first kappa shape index (κ1) is 17.4. The van der Waals surface area contributed by atoms with Crippen LogP contribution >= 0.6 is 0 Å². The minimum absolute atomic E-state index is 0.0566. The molecule has 1 atom stereocenters. The number of rotatable bonds is 4. The SMILES string of the molecule is COc1ccc([C@@H]2CN(Cc3ncccc3C)CCN2C(C)=O)cc1. The van der Waals surface area contributed by atoms with Gasteiger partial charge in [0.15, 0.2) is 0 Å². The van der Waals surface area contributed by atoms with Crippen LogP contribution in [0.15, 0.2) is 42.6 Å². The molecule has 0 spiro atoms. The lowest BCUT2D eigenvalue weighted by molar-refractivity contribution is -0.134. The van der Waals surface area contributed by atoms with Crippen LogP contribution < -0.4 is 4.74 Å². The average molecular weight is 339 g/mol. The van der Waals surface area contributed by atoms with Crippen molar-refractivity contribution >= 4 is 5.91 Å². The Labute approximate surface area is 149 Å². The summed E-state index contributed by atoms with van der Waals surface area (Å²) in [5, 5.41) is 0. The summed E-state index contributed by atoms with van der Waals surface area (Å²) >= 11 is 0. The highest BCUT2D eigenvalue weighted by Gasteiger charge is 2.30. The van der Waals surface area contributed by atoms with Gasteiger partial charge in [0.25, 0.3) is 0 Å². The van der Waals surface area contributed by atoms with Crippen LogP contribution in [0.5, 0.6) is 5.75 Å². The highest BCUT2D eigenvalue weighted by Crippen LogP contribution is 2.28. The number of aryl methyl sites for hydroxylation is 1. The van der Waals surface area contributed by atoms with Crippen molar-refractivity contribution in [3.05, 3.63) is 59.4 Å². The number of aromatic nitrogens is 1. The van der Waals surface area contributed by atoms with Gasteiger partial charge in [-0.1, -0.05) is 18.2 Å². The number of pyridine rings is 1. The van der Waals surface area contributed by atoms with Crippen molar-refractivity contribution in [1.29, 1.82) is 0 Å². The Kier molecular flexibility index (Phi) is 5.34. The van der Waals surface area contributed by atoms with Crippen LogP contribution in [0, 0.1) is 6.92 Å². The van der Waals surface area contributed by atoms with Crippen LogP contribution in [0.4, 0.5) is 0 Å².